The van der Waals surface area contributed by atoms with Crippen LogP contribution in [0.3, 0.4) is 0 Å². The number of hydrogen-bond acceptors (Lipinski definition) is 7. The third-order valence-electron chi connectivity index (χ3n) is 4.65. The Morgan fingerprint density at radius 2 is 1.52 bits per heavy atom. The van der Waals surface area contributed by atoms with Crippen LogP contribution in [-0.4, -0.2) is 62.2 Å². The van der Waals surface area contributed by atoms with Gasteiger partial charge >= 0.3 is 5.97 Å². The van der Waals surface area contributed by atoms with Crippen LogP contribution in [0.2, 0.25) is 0 Å². The molecular weight excluding hydrogens is 380 g/mol. The van der Waals surface area contributed by atoms with E-state index in [4.69, 9.17) is 22.8 Å². The molecule has 1 saturated heterocycles. The maximum absolute atomic E-state index is 11.3. The lowest BCUT2D eigenvalue weighted by Gasteiger charge is -2.38. The van der Waals surface area contributed by atoms with Crippen LogP contribution in [0.15, 0.2) is 48.5 Å². The third kappa shape index (κ3) is 4.20. The molecule has 156 valence electrons. The number of carboxylic acids is 1. The molecule has 3 rings (SSSR count). The summed E-state index contributed by atoms with van der Waals surface area (Å²) in [5, 5.41) is 48.6. The quantitative estimate of drug-likeness (QED) is 0.492. The first-order valence-electron chi connectivity index (χ1n) is 11.6. The number of aromatic hydroxyl groups is 1. The number of aliphatic hydroxyl groups is 3. The van der Waals surface area contributed by atoms with Crippen LogP contribution in [0.4, 0.5) is 0 Å². The molecule has 1 aliphatic heterocycles. The molecule has 1 aliphatic rings. The van der Waals surface area contributed by atoms with Crippen molar-refractivity contribution < 1.29 is 48.0 Å². The number of aliphatic carboxylic acids is 1. The molecule has 0 aliphatic carbocycles. The zero-order chi connectivity index (χ0) is 26.3. The van der Waals surface area contributed by atoms with E-state index < -0.39 is 55.8 Å². The van der Waals surface area contributed by atoms with Gasteiger partial charge in [0, 0.05) is 13.6 Å². The minimum atomic E-state index is -3.06. The van der Waals surface area contributed by atoms with Crippen molar-refractivity contribution in [1.82, 2.24) is 0 Å². The molecule has 0 spiro atoms. The van der Waals surface area contributed by atoms with Crippen LogP contribution in [0.5, 0.6) is 11.5 Å². The predicted molar refractivity (Wildman–Crippen MR) is 102 cm³/mol. The number of phenols is 1. The summed E-state index contributed by atoms with van der Waals surface area (Å²) in [5.74, 6) is -1.84. The van der Waals surface area contributed by atoms with Gasteiger partial charge in [-0.3, -0.25) is 0 Å². The fraction of sp³-hybridized carbons (Fsp3) is 0.381. The molecule has 0 bridgehead atoms. The summed E-state index contributed by atoms with van der Waals surface area (Å²) >= 11 is 0. The molecular formula is C21H24O8. The van der Waals surface area contributed by atoms with Crippen molar-refractivity contribution in [3.8, 4) is 11.5 Å². The smallest absolute Gasteiger partial charge is 0.335 e. The second-order valence-electron chi connectivity index (χ2n) is 6.67. The Morgan fingerprint density at radius 1 is 0.966 bits per heavy atom. The van der Waals surface area contributed by atoms with Gasteiger partial charge in [0.05, 0.1) is 0 Å². The van der Waals surface area contributed by atoms with Gasteiger partial charge in [0.25, 0.3) is 0 Å². The molecule has 1 heterocycles. The summed E-state index contributed by atoms with van der Waals surface area (Å²) < 4.78 is 59.2. The molecule has 5 atom stereocenters. The highest BCUT2D eigenvalue weighted by Crippen LogP contribution is 2.33. The van der Waals surface area contributed by atoms with Crippen molar-refractivity contribution in [2.24, 2.45) is 0 Å². The fourth-order valence-corrected chi connectivity index (χ4v) is 2.95. The minimum Gasteiger partial charge on any atom is -0.508 e. The van der Waals surface area contributed by atoms with E-state index in [-0.39, 0.29) is 22.6 Å². The largest absolute Gasteiger partial charge is 0.508 e. The molecule has 5 unspecified atom stereocenters. The first kappa shape index (κ1) is 14.4. The normalized spacial score (nSPS) is 31.3. The second kappa shape index (κ2) is 8.00. The Morgan fingerprint density at radius 3 is 2.03 bits per heavy atom. The summed E-state index contributed by atoms with van der Waals surface area (Å²) in [4.78, 5) is 11.3. The van der Waals surface area contributed by atoms with Crippen molar-refractivity contribution >= 4 is 5.97 Å². The van der Waals surface area contributed by atoms with E-state index in [9.17, 15) is 25.2 Å². The first-order chi connectivity index (χ1) is 16.1. The van der Waals surface area contributed by atoms with Crippen LogP contribution in [0, 0.1) is 0 Å². The highest BCUT2D eigenvalue weighted by molar-refractivity contribution is 5.73. The summed E-state index contributed by atoms with van der Waals surface area (Å²) in [6, 6.07) is 9.56. The summed E-state index contributed by atoms with van der Waals surface area (Å²) in [6.45, 7) is -6.12. The maximum atomic E-state index is 11.3. The number of aliphatic hydroxyl groups excluding tert-OH is 3. The van der Waals surface area contributed by atoms with Crippen LogP contribution >= 0.6 is 0 Å². The molecule has 2 aromatic carbocycles. The number of phenolic OH excluding ortho intramolecular Hbond substituents is 1. The number of carboxylic acid groups (broad SMARTS) is 1. The zero-order valence-electron chi connectivity index (χ0n) is 21.0. The average molecular weight is 410 g/mol. The summed E-state index contributed by atoms with van der Waals surface area (Å²) in [5.41, 5.74) is -2.70. The lowest BCUT2D eigenvalue weighted by atomic mass is 9.78. The molecule has 5 N–H and O–H groups in total. The number of ether oxygens (including phenoxy) is 2. The molecule has 0 radical (unpaired) electrons. The van der Waals surface area contributed by atoms with Gasteiger partial charge < -0.3 is 35.0 Å². The zero-order valence-corrected chi connectivity index (χ0v) is 15.0. The van der Waals surface area contributed by atoms with Crippen molar-refractivity contribution in [1.29, 1.82) is 0 Å². The monoisotopic (exact) mass is 410 g/mol. The standard InChI is InChI=1S/C21H24O8/c1-21(2,11-3-7-13(22)8-4-11)12-5-9-14(10-6-12)28-20-17(25)15(23)16(24)18(29-20)19(26)27/h3-10,15-18,20,22-25H,1-2H3,(H,26,27)/i1D3,2D3. The van der Waals surface area contributed by atoms with E-state index in [0.29, 0.717) is 0 Å². The molecule has 0 aromatic heterocycles. The highest BCUT2D eigenvalue weighted by atomic mass is 16.7. The first-order valence-corrected chi connectivity index (χ1v) is 8.60. The maximum Gasteiger partial charge on any atom is 0.335 e. The Bertz CT molecular complexity index is 1020. The van der Waals surface area contributed by atoms with Crippen molar-refractivity contribution in [2.45, 2.75) is 49.8 Å². The van der Waals surface area contributed by atoms with E-state index in [0.717, 1.165) is 0 Å². The Kier molecular flexibility index (Phi) is 3.96. The number of rotatable bonds is 5. The van der Waals surface area contributed by atoms with Crippen molar-refractivity contribution in [3.63, 3.8) is 0 Å². The van der Waals surface area contributed by atoms with Gasteiger partial charge in [0.1, 0.15) is 29.8 Å². The molecule has 0 saturated carbocycles. The predicted octanol–water partition coefficient (Wildman–Crippen LogP) is 0.989. The Hall–Kier alpha value is -2.65. The Balaban J connectivity index is 2.01. The molecule has 0 amide bonds. The molecule has 1 fully saturated rings. The van der Waals surface area contributed by atoms with E-state index in [1.54, 1.807) is 0 Å². The summed E-state index contributed by atoms with van der Waals surface area (Å²) in [7, 11) is 0. The van der Waals surface area contributed by atoms with Gasteiger partial charge in [0.15, 0.2) is 6.10 Å². The van der Waals surface area contributed by atoms with Gasteiger partial charge in [-0.1, -0.05) is 38.0 Å². The van der Waals surface area contributed by atoms with Gasteiger partial charge in [-0.25, -0.2) is 4.79 Å². The lowest BCUT2D eigenvalue weighted by molar-refractivity contribution is -0.271. The van der Waals surface area contributed by atoms with Crippen molar-refractivity contribution in [3.05, 3.63) is 59.7 Å². The van der Waals surface area contributed by atoms with E-state index in [2.05, 4.69) is 0 Å². The van der Waals surface area contributed by atoms with Crippen molar-refractivity contribution in [2.75, 3.05) is 0 Å². The van der Waals surface area contributed by atoms with Gasteiger partial charge in [-0.2, -0.15) is 0 Å². The third-order valence-corrected chi connectivity index (χ3v) is 4.65. The number of benzene rings is 2. The molecule has 29 heavy (non-hydrogen) atoms. The van der Waals surface area contributed by atoms with E-state index in [1.165, 1.54) is 48.5 Å². The van der Waals surface area contributed by atoms with E-state index >= 15 is 0 Å². The highest BCUT2D eigenvalue weighted by Gasteiger charge is 2.48. The van der Waals surface area contributed by atoms with Gasteiger partial charge in [-0.05, 0) is 35.4 Å². The lowest BCUT2D eigenvalue weighted by Crippen LogP contribution is -2.61. The number of hydrogen-bond donors (Lipinski definition) is 5. The SMILES string of the molecule is [2H]C([2H])([2H])C(c1ccc(O)cc1)(c1ccc(OC2OC(C(=O)O)C(O)C(O)C2O)cc1)C([2H])([2H])[2H]. The van der Waals surface area contributed by atoms with Crippen LogP contribution in [0.1, 0.15) is 33.1 Å². The molecule has 8 nitrogen and oxygen atoms in total. The topological polar surface area (TPSA) is 137 Å². The summed E-state index contributed by atoms with van der Waals surface area (Å²) in [6.07, 6.45) is -9.20. The minimum absolute atomic E-state index is 0.0683. The fourth-order valence-electron chi connectivity index (χ4n) is 2.95. The number of carbonyl (C=O) groups is 1. The molecule has 2 aromatic rings. The van der Waals surface area contributed by atoms with Gasteiger partial charge in [0.2, 0.25) is 6.29 Å². The van der Waals surface area contributed by atoms with Gasteiger partial charge in [-0.15, -0.1) is 0 Å². The Labute approximate surface area is 176 Å². The van der Waals surface area contributed by atoms with Crippen LogP contribution in [0.25, 0.3) is 0 Å². The van der Waals surface area contributed by atoms with E-state index in [1.807, 2.05) is 0 Å². The average Bonchev–Trinajstić information content (AvgIpc) is 2.74. The van der Waals surface area contributed by atoms with Crippen LogP contribution in [-0.2, 0) is 14.9 Å². The second-order valence-corrected chi connectivity index (χ2v) is 6.67. The van der Waals surface area contributed by atoms with Crippen LogP contribution < -0.4 is 4.74 Å². The molecule has 8 heteroatoms.